The standard InChI is InChI=1S/C17H25N5OS2.HI/c1-13(16-18-8-10-25-16)11-20-17(21-12-15(23)22(2)3)19-7-6-14-5-4-9-24-14;/h4-5,8-10,13H,6-7,11-12H2,1-3H3,(H2,19,20,21);1H. The summed E-state index contributed by atoms with van der Waals surface area (Å²) >= 11 is 3.40. The van der Waals surface area contributed by atoms with Gasteiger partial charge in [0.05, 0.1) is 5.01 Å². The lowest BCUT2D eigenvalue weighted by atomic mass is 10.2. The van der Waals surface area contributed by atoms with Crippen LogP contribution in [0.25, 0.3) is 0 Å². The van der Waals surface area contributed by atoms with Crippen molar-refractivity contribution in [1.82, 2.24) is 20.5 Å². The van der Waals surface area contributed by atoms with Gasteiger partial charge in [0.1, 0.15) is 6.54 Å². The van der Waals surface area contributed by atoms with E-state index in [1.807, 2.05) is 11.6 Å². The van der Waals surface area contributed by atoms with Crippen LogP contribution in [0.3, 0.4) is 0 Å². The molecule has 1 unspecified atom stereocenters. The van der Waals surface area contributed by atoms with E-state index in [-0.39, 0.29) is 42.3 Å². The van der Waals surface area contributed by atoms with Crippen molar-refractivity contribution in [3.05, 3.63) is 39.0 Å². The Labute approximate surface area is 180 Å². The lowest BCUT2D eigenvalue weighted by Crippen LogP contribution is -2.41. The number of hydrogen-bond acceptors (Lipinski definition) is 5. The molecule has 144 valence electrons. The third kappa shape index (κ3) is 8.00. The third-order valence-corrected chi connectivity index (χ3v) is 5.51. The van der Waals surface area contributed by atoms with Gasteiger partial charge in [-0.25, -0.2) is 9.98 Å². The molecule has 0 saturated carbocycles. The molecular weight excluding hydrogens is 481 g/mol. The van der Waals surface area contributed by atoms with Crippen molar-refractivity contribution < 1.29 is 4.79 Å². The van der Waals surface area contributed by atoms with Gasteiger partial charge in [-0.05, 0) is 17.9 Å². The van der Waals surface area contributed by atoms with E-state index in [1.54, 1.807) is 41.7 Å². The van der Waals surface area contributed by atoms with Crippen LogP contribution in [0.15, 0.2) is 34.1 Å². The van der Waals surface area contributed by atoms with Crippen LogP contribution in [0.5, 0.6) is 0 Å². The Bertz CT molecular complexity index is 659. The minimum Gasteiger partial charge on any atom is -0.356 e. The monoisotopic (exact) mass is 507 g/mol. The number of thiazole rings is 1. The summed E-state index contributed by atoms with van der Waals surface area (Å²) in [4.78, 5) is 23.4. The highest BCUT2D eigenvalue weighted by molar-refractivity contribution is 14.0. The maximum atomic E-state index is 11.8. The number of rotatable bonds is 8. The van der Waals surface area contributed by atoms with Crippen molar-refractivity contribution in [2.45, 2.75) is 19.3 Å². The second-order valence-corrected chi connectivity index (χ2v) is 7.82. The summed E-state index contributed by atoms with van der Waals surface area (Å²) in [6.07, 6.45) is 2.75. The predicted molar refractivity (Wildman–Crippen MR) is 121 cm³/mol. The van der Waals surface area contributed by atoms with Gasteiger partial charge in [-0.3, -0.25) is 4.79 Å². The summed E-state index contributed by atoms with van der Waals surface area (Å²) in [7, 11) is 3.47. The molecule has 1 atom stereocenters. The Kier molecular flexibility index (Phi) is 10.7. The Hall–Kier alpha value is -1.20. The second kappa shape index (κ2) is 12.2. The van der Waals surface area contributed by atoms with E-state index in [0.717, 1.165) is 18.0 Å². The fourth-order valence-corrected chi connectivity index (χ4v) is 3.44. The first kappa shape index (κ1) is 22.8. The van der Waals surface area contributed by atoms with Crippen LogP contribution in [0.1, 0.15) is 22.7 Å². The van der Waals surface area contributed by atoms with Crippen LogP contribution in [-0.4, -0.2) is 55.5 Å². The fourth-order valence-electron chi connectivity index (χ4n) is 2.04. The van der Waals surface area contributed by atoms with E-state index < -0.39 is 0 Å². The number of nitrogens with one attached hydrogen (secondary N) is 2. The predicted octanol–water partition coefficient (Wildman–Crippen LogP) is 2.79. The number of guanidine groups is 1. The molecule has 0 aromatic carbocycles. The van der Waals surface area contributed by atoms with Gasteiger partial charge in [-0.2, -0.15) is 0 Å². The number of aliphatic imine (C=N–C) groups is 1. The van der Waals surface area contributed by atoms with Crippen molar-refractivity contribution in [1.29, 1.82) is 0 Å². The Morgan fingerprint density at radius 2 is 2.12 bits per heavy atom. The highest BCUT2D eigenvalue weighted by Gasteiger charge is 2.10. The summed E-state index contributed by atoms with van der Waals surface area (Å²) in [5, 5.41) is 11.8. The van der Waals surface area contributed by atoms with Gasteiger partial charge in [0, 0.05) is 49.6 Å². The molecule has 2 aromatic rings. The molecular formula is C17H26IN5OS2. The largest absolute Gasteiger partial charge is 0.356 e. The lowest BCUT2D eigenvalue weighted by molar-refractivity contribution is -0.127. The summed E-state index contributed by atoms with van der Waals surface area (Å²) < 4.78 is 0. The van der Waals surface area contributed by atoms with Crippen molar-refractivity contribution >= 4 is 58.5 Å². The lowest BCUT2D eigenvalue weighted by Gasteiger charge is -2.16. The molecule has 2 N–H and O–H groups in total. The number of likely N-dealkylation sites (N-methyl/N-ethyl adjacent to an activating group) is 1. The molecule has 0 saturated heterocycles. The van der Waals surface area contributed by atoms with Crippen LogP contribution in [0.4, 0.5) is 0 Å². The van der Waals surface area contributed by atoms with E-state index >= 15 is 0 Å². The van der Waals surface area contributed by atoms with Gasteiger partial charge in [0.2, 0.25) is 5.91 Å². The van der Waals surface area contributed by atoms with Crippen molar-refractivity contribution in [3.8, 4) is 0 Å². The first-order valence-corrected chi connectivity index (χ1v) is 9.96. The SMILES string of the molecule is CC(CNC(=NCC(=O)N(C)C)NCCc1cccs1)c1nccs1.I. The molecule has 6 nitrogen and oxygen atoms in total. The minimum atomic E-state index is -0.0210. The molecule has 1 amide bonds. The maximum Gasteiger partial charge on any atom is 0.243 e. The zero-order valence-electron chi connectivity index (χ0n) is 15.3. The van der Waals surface area contributed by atoms with Gasteiger partial charge in [-0.15, -0.1) is 46.7 Å². The van der Waals surface area contributed by atoms with E-state index in [4.69, 9.17) is 0 Å². The number of nitrogens with zero attached hydrogens (tertiary/aromatic N) is 3. The van der Waals surface area contributed by atoms with Crippen molar-refractivity contribution in [2.24, 2.45) is 4.99 Å². The van der Waals surface area contributed by atoms with Crippen LogP contribution < -0.4 is 10.6 Å². The van der Waals surface area contributed by atoms with Gasteiger partial charge in [-0.1, -0.05) is 13.0 Å². The zero-order valence-corrected chi connectivity index (χ0v) is 19.2. The topological polar surface area (TPSA) is 69.6 Å². The minimum absolute atomic E-state index is 0. The average Bonchev–Trinajstić information content (AvgIpc) is 3.29. The molecule has 0 bridgehead atoms. The highest BCUT2D eigenvalue weighted by Crippen LogP contribution is 2.16. The number of aromatic nitrogens is 1. The van der Waals surface area contributed by atoms with Crippen LogP contribution in [0.2, 0.25) is 0 Å². The molecule has 26 heavy (non-hydrogen) atoms. The quantitative estimate of drug-likeness (QED) is 0.328. The van der Waals surface area contributed by atoms with Gasteiger partial charge >= 0.3 is 0 Å². The molecule has 9 heteroatoms. The molecule has 2 rings (SSSR count). The van der Waals surface area contributed by atoms with Gasteiger partial charge in [0.25, 0.3) is 0 Å². The molecule has 0 spiro atoms. The van der Waals surface area contributed by atoms with Crippen LogP contribution in [-0.2, 0) is 11.2 Å². The van der Waals surface area contributed by atoms with Gasteiger partial charge in [0.15, 0.2) is 5.96 Å². The maximum absolute atomic E-state index is 11.8. The third-order valence-electron chi connectivity index (χ3n) is 3.56. The number of halogens is 1. The zero-order chi connectivity index (χ0) is 18.1. The van der Waals surface area contributed by atoms with E-state index in [9.17, 15) is 4.79 Å². The molecule has 0 radical (unpaired) electrons. The number of thiophene rings is 1. The molecule has 2 aromatic heterocycles. The first-order chi connectivity index (χ1) is 12.1. The highest BCUT2D eigenvalue weighted by atomic mass is 127. The summed E-state index contributed by atoms with van der Waals surface area (Å²) in [6.45, 7) is 3.75. The summed E-state index contributed by atoms with van der Waals surface area (Å²) in [6, 6.07) is 4.18. The Morgan fingerprint density at radius 3 is 2.73 bits per heavy atom. The summed E-state index contributed by atoms with van der Waals surface area (Å²) in [5.41, 5.74) is 0. The number of carbonyl (C=O) groups is 1. The number of hydrogen-bond donors (Lipinski definition) is 2. The van der Waals surface area contributed by atoms with Crippen molar-refractivity contribution in [2.75, 3.05) is 33.7 Å². The smallest absolute Gasteiger partial charge is 0.243 e. The van der Waals surface area contributed by atoms with E-state index in [1.165, 1.54) is 4.88 Å². The molecule has 0 aliphatic rings. The molecule has 2 heterocycles. The fraction of sp³-hybridized carbons (Fsp3) is 0.471. The first-order valence-electron chi connectivity index (χ1n) is 8.20. The van der Waals surface area contributed by atoms with Crippen molar-refractivity contribution in [3.63, 3.8) is 0 Å². The average molecular weight is 507 g/mol. The van der Waals surface area contributed by atoms with Crippen LogP contribution >= 0.6 is 46.7 Å². The van der Waals surface area contributed by atoms with E-state index in [0.29, 0.717) is 12.5 Å². The molecule has 0 aliphatic heterocycles. The normalized spacial score (nSPS) is 12.2. The molecule has 0 fully saturated rings. The number of amides is 1. The van der Waals surface area contributed by atoms with Gasteiger partial charge < -0.3 is 15.5 Å². The summed E-state index contributed by atoms with van der Waals surface area (Å²) in [5.74, 6) is 0.927. The Morgan fingerprint density at radius 1 is 1.31 bits per heavy atom. The second-order valence-electron chi connectivity index (χ2n) is 5.86. The molecule has 0 aliphatic carbocycles. The van der Waals surface area contributed by atoms with E-state index in [2.05, 4.69) is 45.0 Å². The number of carbonyl (C=O) groups excluding carboxylic acids is 1. The van der Waals surface area contributed by atoms with Crippen LogP contribution in [0, 0.1) is 0 Å². The Balaban J connectivity index is 0.00000338.